The summed E-state index contributed by atoms with van der Waals surface area (Å²) in [5, 5.41) is 11.8. The molecule has 1 aliphatic rings. The average Bonchev–Trinajstić information content (AvgIpc) is 2.15. The zero-order valence-electron chi connectivity index (χ0n) is 8.25. The zero-order valence-corrected chi connectivity index (χ0v) is 8.25. The second-order valence-corrected chi connectivity index (χ2v) is 3.88. The Bertz CT molecular complexity index is 162. The van der Waals surface area contributed by atoms with Gasteiger partial charge in [0.1, 0.15) is 6.04 Å². The highest BCUT2D eigenvalue weighted by molar-refractivity contribution is 5.73. The number of rotatable bonds is 4. The summed E-state index contributed by atoms with van der Waals surface area (Å²) in [7, 11) is 0. The van der Waals surface area contributed by atoms with Crippen molar-refractivity contribution in [3.8, 4) is 0 Å². The van der Waals surface area contributed by atoms with Gasteiger partial charge >= 0.3 is 5.97 Å². The van der Waals surface area contributed by atoms with Crippen LogP contribution in [0, 0.1) is 5.92 Å². The van der Waals surface area contributed by atoms with Gasteiger partial charge in [-0.15, -0.1) is 0 Å². The highest BCUT2D eigenvalue weighted by Crippen LogP contribution is 2.19. The average molecular weight is 185 g/mol. The summed E-state index contributed by atoms with van der Waals surface area (Å²) in [6.07, 6.45) is 5.62. The van der Waals surface area contributed by atoms with Gasteiger partial charge < -0.3 is 10.4 Å². The van der Waals surface area contributed by atoms with Gasteiger partial charge in [0.15, 0.2) is 0 Å². The van der Waals surface area contributed by atoms with Gasteiger partial charge in [0.25, 0.3) is 0 Å². The molecule has 1 aliphatic heterocycles. The van der Waals surface area contributed by atoms with Gasteiger partial charge in [-0.2, -0.15) is 0 Å². The summed E-state index contributed by atoms with van der Waals surface area (Å²) in [6.45, 7) is 3.08. The van der Waals surface area contributed by atoms with Crippen molar-refractivity contribution in [1.29, 1.82) is 0 Å². The molecule has 0 amide bonds. The lowest BCUT2D eigenvalue weighted by molar-refractivity contribution is -0.140. The normalized spacial score (nSPS) is 28.7. The Morgan fingerprint density at radius 2 is 2.31 bits per heavy atom. The molecule has 3 heteroatoms. The first-order valence-electron chi connectivity index (χ1n) is 5.20. The molecule has 0 aromatic carbocycles. The lowest BCUT2D eigenvalue weighted by Crippen LogP contribution is -2.43. The second-order valence-electron chi connectivity index (χ2n) is 3.88. The molecule has 1 fully saturated rings. The van der Waals surface area contributed by atoms with E-state index in [1.165, 1.54) is 19.3 Å². The van der Waals surface area contributed by atoms with Crippen LogP contribution in [-0.2, 0) is 4.79 Å². The van der Waals surface area contributed by atoms with Crippen molar-refractivity contribution >= 4 is 5.97 Å². The van der Waals surface area contributed by atoms with Crippen LogP contribution in [0.2, 0.25) is 0 Å². The molecule has 0 aliphatic carbocycles. The van der Waals surface area contributed by atoms with Crippen LogP contribution in [0.15, 0.2) is 0 Å². The number of nitrogens with one attached hydrogen (secondary N) is 1. The molecule has 0 aromatic heterocycles. The number of carboxylic acids is 1. The molecule has 0 saturated carbocycles. The van der Waals surface area contributed by atoms with E-state index in [1.54, 1.807) is 0 Å². The number of piperidine rings is 1. The van der Waals surface area contributed by atoms with Crippen LogP contribution in [0.25, 0.3) is 0 Å². The predicted molar refractivity (Wildman–Crippen MR) is 51.7 cm³/mol. The Morgan fingerprint density at radius 3 is 2.77 bits per heavy atom. The lowest BCUT2D eigenvalue weighted by Gasteiger charge is -2.27. The molecule has 0 bridgehead atoms. The molecular formula is C10H19NO2. The Balaban J connectivity index is 2.18. The highest BCUT2D eigenvalue weighted by atomic mass is 16.4. The maximum atomic E-state index is 10.6. The van der Waals surface area contributed by atoms with Gasteiger partial charge in [-0.25, -0.2) is 0 Å². The molecule has 13 heavy (non-hydrogen) atoms. The van der Waals surface area contributed by atoms with Gasteiger partial charge in [-0.3, -0.25) is 4.79 Å². The van der Waals surface area contributed by atoms with E-state index in [4.69, 9.17) is 5.11 Å². The summed E-state index contributed by atoms with van der Waals surface area (Å²) in [5.74, 6) is 0.00416. The molecule has 0 aromatic rings. The Kier molecular flexibility index (Phi) is 4.22. The van der Waals surface area contributed by atoms with E-state index < -0.39 is 5.97 Å². The van der Waals surface area contributed by atoms with Crippen LogP contribution in [0.5, 0.6) is 0 Å². The summed E-state index contributed by atoms with van der Waals surface area (Å²) >= 11 is 0. The van der Waals surface area contributed by atoms with Crippen molar-refractivity contribution in [1.82, 2.24) is 5.32 Å². The van der Waals surface area contributed by atoms with Crippen molar-refractivity contribution in [3.63, 3.8) is 0 Å². The fourth-order valence-corrected chi connectivity index (χ4v) is 1.87. The third kappa shape index (κ3) is 3.35. The smallest absolute Gasteiger partial charge is 0.320 e. The highest BCUT2D eigenvalue weighted by Gasteiger charge is 2.24. The standard InChI is InChI=1S/C10H19NO2/c1-2-3-4-8-5-6-9(10(12)13)11-7-8/h8-9,11H,2-7H2,1H3,(H,12,13). The number of aliphatic carboxylic acids is 1. The first kappa shape index (κ1) is 10.5. The van der Waals surface area contributed by atoms with E-state index in [2.05, 4.69) is 12.2 Å². The first-order chi connectivity index (χ1) is 6.24. The maximum Gasteiger partial charge on any atom is 0.320 e. The van der Waals surface area contributed by atoms with Gasteiger partial charge in [0, 0.05) is 0 Å². The monoisotopic (exact) mass is 185 g/mol. The molecular weight excluding hydrogens is 166 g/mol. The summed E-state index contributed by atoms with van der Waals surface area (Å²) in [4.78, 5) is 10.6. The summed E-state index contributed by atoms with van der Waals surface area (Å²) < 4.78 is 0. The minimum Gasteiger partial charge on any atom is -0.480 e. The molecule has 2 N–H and O–H groups in total. The predicted octanol–water partition coefficient (Wildman–Crippen LogP) is 1.63. The number of hydrogen-bond acceptors (Lipinski definition) is 2. The van der Waals surface area contributed by atoms with Crippen LogP contribution in [-0.4, -0.2) is 23.7 Å². The van der Waals surface area contributed by atoms with E-state index in [0.717, 1.165) is 19.4 Å². The van der Waals surface area contributed by atoms with Gasteiger partial charge in [-0.1, -0.05) is 19.8 Å². The van der Waals surface area contributed by atoms with Gasteiger partial charge in [0.05, 0.1) is 0 Å². The van der Waals surface area contributed by atoms with Crippen molar-refractivity contribution in [2.45, 2.75) is 45.1 Å². The van der Waals surface area contributed by atoms with E-state index in [0.29, 0.717) is 5.92 Å². The van der Waals surface area contributed by atoms with Crippen LogP contribution >= 0.6 is 0 Å². The molecule has 2 unspecified atom stereocenters. The number of unbranched alkanes of at least 4 members (excludes halogenated alkanes) is 1. The number of hydrogen-bond donors (Lipinski definition) is 2. The SMILES string of the molecule is CCCCC1CCC(C(=O)O)NC1. The van der Waals surface area contributed by atoms with Crippen molar-refractivity contribution in [2.24, 2.45) is 5.92 Å². The lowest BCUT2D eigenvalue weighted by atomic mass is 9.91. The van der Waals surface area contributed by atoms with E-state index in [-0.39, 0.29) is 6.04 Å². The van der Waals surface area contributed by atoms with Crippen molar-refractivity contribution in [3.05, 3.63) is 0 Å². The molecule has 0 radical (unpaired) electrons. The molecule has 1 saturated heterocycles. The second kappa shape index (κ2) is 5.22. The number of carbonyl (C=O) groups is 1. The molecule has 1 heterocycles. The third-order valence-corrected chi connectivity index (χ3v) is 2.78. The van der Waals surface area contributed by atoms with Crippen LogP contribution in [0.4, 0.5) is 0 Å². The molecule has 76 valence electrons. The van der Waals surface area contributed by atoms with Crippen molar-refractivity contribution < 1.29 is 9.90 Å². The van der Waals surface area contributed by atoms with Crippen molar-refractivity contribution in [2.75, 3.05) is 6.54 Å². The maximum absolute atomic E-state index is 10.6. The number of carboxylic acid groups (broad SMARTS) is 1. The zero-order chi connectivity index (χ0) is 9.68. The Hall–Kier alpha value is -0.570. The van der Waals surface area contributed by atoms with Crippen LogP contribution in [0.3, 0.4) is 0 Å². The summed E-state index contributed by atoms with van der Waals surface area (Å²) in [6, 6.07) is -0.294. The Morgan fingerprint density at radius 1 is 1.54 bits per heavy atom. The van der Waals surface area contributed by atoms with E-state index >= 15 is 0 Å². The molecule has 2 atom stereocenters. The fraction of sp³-hybridized carbons (Fsp3) is 0.900. The quantitative estimate of drug-likeness (QED) is 0.700. The molecule has 0 spiro atoms. The minimum atomic E-state index is -0.700. The third-order valence-electron chi connectivity index (χ3n) is 2.78. The van der Waals surface area contributed by atoms with E-state index in [1.807, 2.05) is 0 Å². The Labute approximate surface area is 79.5 Å². The topological polar surface area (TPSA) is 49.3 Å². The first-order valence-corrected chi connectivity index (χ1v) is 5.20. The van der Waals surface area contributed by atoms with E-state index in [9.17, 15) is 4.79 Å². The summed E-state index contributed by atoms with van der Waals surface area (Å²) in [5.41, 5.74) is 0. The minimum absolute atomic E-state index is 0.294. The van der Waals surface area contributed by atoms with Crippen LogP contribution in [0.1, 0.15) is 39.0 Å². The molecule has 3 nitrogen and oxygen atoms in total. The molecule has 1 rings (SSSR count). The van der Waals surface area contributed by atoms with Gasteiger partial charge in [0.2, 0.25) is 0 Å². The fourth-order valence-electron chi connectivity index (χ4n) is 1.87. The van der Waals surface area contributed by atoms with Gasteiger partial charge in [-0.05, 0) is 31.7 Å². The van der Waals surface area contributed by atoms with Crippen LogP contribution < -0.4 is 5.32 Å². The largest absolute Gasteiger partial charge is 0.480 e.